The molecule has 30 heavy (non-hydrogen) atoms. The van der Waals surface area contributed by atoms with Crippen LogP contribution in [0.3, 0.4) is 0 Å². The average molecular weight is 428 g/mol. The van der Waals surface area contributed by atoms with E-state index in [1.165, 1.54) is 82.7 Å². The topological polar surface area (TPSA) is 30.0 Å². The van der Waals surface area contributed by atoms with E-state index in [-0.39, 0.29) is 10.8 Å². The number of hydrogen-bond acceptors (Lipinski definition) is 2. The maximum absolute atomic E-state index is 15.7. The molecule has 1 aromatic heterocycles. The minimum Gasteiger partial charge on any atom is -0.323 e. The van der Waals surface area contributed by atoms with Crippen molar-refractivity contribution in [2.75, 3.05) is 0 Å². The summed E-state index contributed by atoms with van der Waals surface area (Å²) in [5.41, 5.74) is 3.06. The molecule has 166 valence electrons. The van der Waals surface area contributed by atoms with Gasteiger partial charge in [0.15, 0.2) is 0 Å². The summed E-state index contributed by atoms with van der Waals surface area (Å²) < 4.78 is 15.7. The van der Waals surface area contributed by atoms with Crippen molar-refractivity contribution < 1.29 is 4.57 Å². The Morgan fingerprint density at radius 2 is 1.47 bits per heavy atom. The first-order valence-corrected chi connectivity index (χ1v) is 14.8. The Bertz CT molecular complexity index is 770. The maximum atomic E-state index is 15.7. The van der Waals surface area contributed by atoms with Crippen molar-refractivity contribution >= 4 is 7.14 Å². The van der Waals surface area contributed by atoms with E-state index >= 15 is 4.57 Å². The Kier molecular flexibility index (Phi) is 5.49. The van der Waals surface area contributed by atoms with Gasteiger partial charge in [-0.25, -0.2) is 0 Å². The Morgan fingerprint density at radius 3 is 2.00 bits per heavy atom. The molecule has 2 bridgehead atoms. The summed E-state index contributed by atoms with van der Waals surface area (Å²) in [4.78, 5) is 4.92. The van der Waals surface area contributed by atoms with Crippen LogP contribution in [0.1, 0.15) is 109 Å². The molecular formula is C27H42NOP. The molecule has 0 spiro atoms. The van der Waals surface area contributed by atoms with Crippen LogP contribution >= 0.6 is 7.14 Å². The number of pyridine rings is 1. The number of aromatic nitrogens is 1. The Morgan fingerprint density at radius 1 is 0.867 bits per heavy atom. The van der Waals surface area contributed by atoms with Crippen molar-refractivity contribution in [2.45, 2.75) is 121 Å². The summed E-state index contributed by atoms with van der Waals surface area (Å²) in [5, 5.41) is 0. The van der Waals surface area contributed by atoms with Crippen molar-refractivity contribution in [3.63, 3.8) is 0 Å². The van der Waals surface area contributed by atoms with Gasteiger partial charge in [0, 0.05) is 34.8 Å². The predicted molar refractivity (Wildman–Crippen MR) is 127 cm³/mol. The second-order valence-electron chi connectivity index (χ2n) is 11.9. The standard InChI is InChI=1S/C27H42NOP/c1-26(2)22-17-18-27(26,3)24(23-16-10-11-19-28-23)25(22)30(29,20-12-6-4-7-13-20)21-14-8-5-9-15-21/h10-11,16,19-22,24-25H,4-9,12-15,17-18H2,1-3H3/t22?,24-,25-,27-/m0/s1. The molecule has 2 nitrogen and oxygen atoms in total. The quantitative estimate of drug-likeness (QED) is 0.455. The molecule has 4 atom stereocenters. The largest absolute Gasteiger partial charge is 0.323 e. The van der Waals surface area contributed by atoms with E-state index < -0.39 is 7.14 Å². The Balaban J connectivity index is 1.65. The monoisotopic (exact) mass is 427 g/mol. The molecule has 0 aliphatic heterocycles. The van der Waals surface area contributed by atoms with Crippen LogP contribution in [0.5, 0.6) is 0 Å². The fraction of sp³-hybridized carbons (Fsp3) is 0.815. The van der Waals surface area contributed by atoms with Crippen LogP contribution in [0.2, 0.25) is 0 Å². The first-order valence-electron chi connectivity index (χ1n) is 12.9. The summed E-state index contributed by atoms with van der Waals surface area (Å²) in [6.07, 6.45) is 17.3. The SMILES string of the molecule is CC1(C)C2CC[C@@]1(C)[C@@H](c1ccccn1)[C@H]2P(=O)(C1CCCCC1)C1CCCCC1. The zero-order chi connectivity index (χ0) is 21.0. The molecule has 1 heterocycles. The van der Waals surface area contributed by atoms with E-state index in [1.54, 1.807) is 0 Å². The highest BCUT2D eigenvalue weighted by Crippen LogP contribution is 2.82. The summed E-state index contributed by atoms with van der Waals surface area (Å²) >= 11 is 0. The second-order valence-corrected chi connectivity index (χ2v) is 15.4. The fourth-order valence-corrected chi connectivity index (χ4v) is 14.6. The molecule has 4 aliphatic carbocycles. The van der Waals surface area contributed by atoms with Gasteiger partial charge < -0.3 is 4.57 Å². The molecule has 1 unspecified atom stereocenters. The van der Waals surface area contributed by atoms with Gasteiger partial charge in [0.2, 0.25) is 0 Å². The van der Waals surface area contributed by atoms with Crippen molar-refractivity contribution in [3.05, 3.63) is 30.1 Å². The van der Waals surface area contributed by atoms with E-state index in [2.05, 4.69) is 32.9 Å². The highest BCUT2D eigenvalue weighted by molar-refractivity contribution is 7.66. The van der Waals surface area contributed by atoms with Gasteiger partial charge in [-0.15, -0.1) is 0 Å². The van der Waals surface area contributed by atoms with Gasteiger partial charge >= 0.3 is 0 Å². The molecule has 1 aromatic rings. The zero-order valence-corrected chi connectivity index (χ0v) is 20.4. The zero-order valence-electron chi connectivity index (χ0n) is 19.5. The van der Waals surface area contributed by atoms with Gasteiger partial charge in [0.05, 0.1) is 7.14 Å². The van der Waals surface area contributed by atoms with Gasteiger partial charge in [0.25, 0.3) is 0 Å². The lowest BCUT2D eigenvalue weighted by Gasteiger charge is -2.48. The highest BCUT2D eigenvalue weighted by Gasteiger charge is 2.71. The van der Waals surface area contributed by atoms with Gasteiger partial charge in [-0.1, -0.05) is 65.4 Å². The van der Waals surface area contributed by atoms with Gasteiger partial charge in [-0.2, -0.15) is 0 Å². The van der Waals surface area contributed by atoms with Crippen molar-refractivity contribution in [3.8, 4) is 0 Å². The van der Waals surface area contributed by atoms with Gasteiger partial charge in [-0.05, 0) is 67.4 Å². The van der Waals surface area contributed by atoms with E-state index in [1.807, 2.05) is 12.3 Å². The minimum absolute atomic E-state index is 0.218. The molecule has 4 aliphatic rings. The number of hydrogen-bond donors (Lipinski definition) is 0. The normalized spacial score (nSPS) is 37.5. The van der Waals surface area contributed by atoms with Crippen molar-refractivity contribution in [1.29, 1.82) is 0 Å². The average Bonchev–Trinajstić information content (AvgIpc) is 3.12. The van der Waals surface area contributed by atoms with Crippen LogP contribution < -0.4 is 0 Å². The van der Waals surface area contributed by atoms with Crippen LogP contribution in [-0.2, 0) is 4.57 Å². The lowest BCUT2D eigenvalue weighted by molar-refractivity contribution is 0.133. The highest BCUT2D eigenvalue weighted by atomic mass is 31.2. The van der Waals surface area contributed by atoms with E-state index in [0.717, 1.165) is 0 Å². The van der Waals surface area contributed by atoms with E-state index in [9.17, 15) is 0 Å². The Labute approximate surface area is 184 Å². The summed E-state index contributed by atoms with van der Waals surface area (Å²) in [6, 6.07) is 6.46. The molecule has 4 saturated carbocycles. The molecule has 0 saturated heterocycles. The number of fused-ring (bicyclic) bond motifs is 2. The van der Waals surface area contributed by atoms with E-state index in [0.29, 0.717) is 28.8 Å². The third-order valence-electron chi connectivity index (χ3n) is 10.6. The Hall–Kier alpha value is -0.620. The molecule has 0 radical (unpaired) electrons. The number of rotatable bonds is 4. The van der Waals surface area contributed by atoms with Crippen LogP contribution in [0.4, 0.5) is 0 Å². The first kappa shape index (κ1) is 21.2. The van der Waals surface area contributed by atoms with Gasteiger partial charge in [-0.3, -0.25) is 4.98 Å². The van der Waals surface area contributed by atoms with Crippen LogP contribution in [0.15, 0.2) is 24.4 Å². The van der Waals surface area contributed by atoms with E-state index in [4.69, 9.17) is 4.98 Å². The summed E-state index contributed by atoms with van der Waals surface area (Å²) in [6.45, 7) is 7.54. The first-order chi connectivity index (χ1) is 14.4. The smallest absolute Gasteiger partial charge is 0.0974 e. The maximum Gasteiger partial charge on any atom is 0.0974 e. The predicted octanol–water partition coefficient (Wildman–Crippen LogP) is 8.02. The lowest BCUT2D eigenvalue weighted by atomic mass is 9.66. The molecule has 0 N–H and O–H groups in total. The third kappa shape index (κ3) is 2.95. The molecule has 4 fully saturated rings. The minimum atomic E-state index is -2.34. The summed E-state index contributed by atoms with van der Waals surface area (Å²) in [5.74, 6) is 0.978. The van der Waals surface area contributed by atoms with Crippen LogP contribution in [-0.4, -0.2) is 22.0 Å². The fourth-order valence-electron chi connectivity index (χ4n) is 8.65. The molecule has 0 amide bonds. The second kappa shape index (κ2) is 7.75. The molecule has 5 rings (SSSR count). The summed E-state index contributed by atoms with van der Waals surface area (Å²) in [7, 11) is -2.34. The van der Waals surface area contributed by atoms with Crippen molar-refractivity contribution in [1.82, 2.24) is 4.98 Å². The molecule has 3 heteroatoms. The molecular weight excluding hydrogens is 385 g/mol. The van der Waals surface area contributed by atoms with Crippen molar-refractivity contribution in [2.24, 2.45) is 16.7 Å². The van der Waals surface area contributed by atoms with Crippen LogP contribution in [0.25, 0.3) is 0 Å². The third-order valence-corrected chi connectivity index (χ3v) is 15.5. The number of nitrogens with zero attached hydrogens (tertiary/aromatic N) is 1. The molecule has 0 aromatic carbocycles. The lowest BCUT2D eigenvalue weighted by Crippen LogP contribution is -2.38. The van der Waals surface area contributed by atoms with Crippen LogP contribution in [0, 0.1) is 16.7 Å². The van der Waals surface area contributed by atoms with Gasteiger partial charge in [0.1, 0.15) is 0 Å².